The van der Waals surface area contributed by atoms with Crippen LogP contribution in [0.15, 0.2) is 28.1 Å². The molecule has 9 nitrogen and oxygen atoms in total. The van der Waals surface area contributed by atoms with Gasteiger partial charge in [-0.25, -0.2) is 9.78 Å². The number of piperidine rings is 1. The van der Waals surface area contributed by atoms with Crippen molar-refractivity contribution < 1.29 is 36.6 Å². The van der Waals surface area contributed by atoms with Crippen LogP contribution >= 0.6 is 11.3 Å². The molecule has 216 valence electrons. The lowest BCUT2D eigenvalue weighted by molar-refractivity contribution is -0.231. The van der Waals surface area contributed by atoms with E-state index in [-0.39, 0.29) is 47.5 Å². The molecule has 4 fully saturated rings. The van der Waals surface area contributed by atoms with E-state index < -0.39 is 23.5 Å². The summed E-state index contributed by atoms with van der Waals surface area (Å²) in [6.07, 6.45) is -3.51. The zero-order valence-electron chi connectivity index (χ0n) is 22.7. The van der Waals surface area contributed by atoms with Crippen molar-refractivity contribution >= 4 is 34.5 Å². The van der Waals surface area contributed by atoms with Gasteiger partial charge >= 0.3 is 12.3 Å². The second-order valence-electron chi connectivity index (χ2n) is 11.7. The van der Waals surface area contributed by atoms with E-state index in [4.69, 9.17) is 18.6 Å². The minimum Gasteiger partial charge on any atom is -0.444 e. The Bertz CT molecular complexity index is 1390. The predicted molar refractivity (Wildman–Crippen MR) is 141 cm³/mol. The third-order valence-electron chi connectivity index (χ3n) is 7.63. The van der Waals surface area contributed by atoms with Crippen molar-refractivity contribution in [3.8, 4) is 10.6 Å². The number of amides is 1. The molecule has 7 rings (SSSR count). The number of benzene rings is 1. The van der Waals surface area contributed by atoms with E-state index in [1.807, 2.05) is 25.7 Å². The quantitative estimate of drug-likeness (QED) is 0.339. The van der Waals surface area contributed by atoms with Crippen molar-refractivity contribution in [3.63, 3.8) is 0 Å². The molecular weight excluding hydrogens is 549 g/mol. The van der Waals surface area contributed by atoms with Crippen LogP contribution in [0.5, 0.6) is 0 Å². The first-order chi connectivity index (χ1) is 18.9. The summed E-state index contributed by atoms with van der Waals surface area (Å²) < 4.78 is 65.7. The lowest BCUT2D eigenvalue weighted by Gasteiger charge is -2.55. The van der Waals surface area contributed by atoms with Gasteiger partial charge in [-0.1, -0.05) is 6.07 Å². The number of oxazole rings is 1. The number of hydrogen-bond donors (Lipinski definition) is 0. The molecule has 13 heteroatoms. The summed E-state index contributed by atoms with van der Waals surface area (Å²) in [5, 5.41) is 2.40. The number of thiazole rings is 1. The van der Waals surface area contributed by atoms with E-state index in [1.165, 1.54) is 24.5 Å². The second kappa shape index (κ2) is 9.59. The summed E-state index contributed by atoms with van der Waals surface area (Å²) >= 11 is 1.36. The Morgan fingerprint density at radius 2 is 1.95 bits per heavy atom. The van der Waals surface area contributed by atoms with Crippen LogP contribution in [0.3, 0.4) is 0 Å². The molecule has 2 aromatic heterocycles. The molecule has 1 amide bonds. The number of carbonyl (C=O) groups is 1. The Kier molecular flexibility index (Phi) is 6.54. The molecule has 3 unspecified atom stereocenters. The SMILES string of the molecule is COC1(COC(c2ccc(-c3nccs3)c3oc(N4CC5CC(C4)N5C(=O)OC(C)(C)C)nc23)C(F)(F)F)CC1. The van der Waals surface area contributed by atoms with Crippen molar-refractivity contribution in [1.82, 2.24) is 14.9 Å². The number of anilines is 1. The Morgan fingerprint density at radius 3 is 2.52 bits per heavy atom. The van der Waals surface area contributed by atoms with E-state index in [9.17, 15) is 18.0 Å². The summed E-state index contributed by atoms with van der Waals surface area (Å²) in [6, 6.07) is 2.98. The summed E-state index contributed by atoms with van der Waals surface area (Å²) in [6.45, 7) is 6.14. The van der Waals surface area contributed by atoms with Crippen LogP contribution in [-0.2, 0) is 14.2 Å². The molecule has 3 aliphatic heterocycles. The van der Waals surface area contributed by atoms with Crippen molar-refractivity contribution in [2.24, 2.45) is 0 Å². The molecule has 1 saturated carbocycles. The number of hydrogen-bond acceptors (Lipinski definition) is 9. The van der Waals surface area contributed by atoms with Gasteiger partial charge in [-0.2, -0.15) is 18.2 Å². The lowest BCUT2D eigenvalue weighted by atomic mass is 9.88. The highest BCUT2D eigenvalue weighted by molar-refractivity contribution is 7.13. The highest BCUT2D eigenvalue weighted by Gasteiger charge is 2.51. The maximum absolute atomic E-state index is 14.4. The van der Waals surface area contributed by atoms with Gasteiger partial charge in [0.15, 0.2) is 11.7 Å². The number of methoxy groups -OCH3 is 1. The molecule has 3 saturated heterocycles. The first-order valence-corrected chi connectivity index (χ1v) is 14.1. The first-order valence-electron chi connectivity index (χ1n) is 13.2. The van der Waals surface area contributed by atoms with Crippen molar-refractivity contribution in [2.45, 2.75) is 75.6 Å². The van der Waals surface area contributed by atoms with Gasteiger partial charge in [0.25, 0.3) is 6.01 Å². The normalized spacial score (nSPS) is 22.8. The lowest BCUT2D eigenvalue weighted by Crippen LogP contribution is -2.70. The third-order valence-corrected chi connectivity index (χ3v) is 8.43. The molecular formula is C27H31F3N4O5S. The maximum Gasteiger partial charge on any atom is 0.418 e. The largest absolute Gasteiger partial charge is 0.444 e. The fourth-order valence-electron chi connectivity index (χ4n) is 5.41. The van der Waals surface area contributed by atoms with Gasteiger partial charge < -0.3 is 23.5 Å². The Labute approximate surface area is 233 Å². The van der Waals surface area contributed by atoms with Crippen LogP contribution in [0.1, 0.15) is 51.7 Å². The summed E-state index contributed by atoms with van der Waals surface area (Å²) in [5.41, 5.74) is -0.549. The Balaban J connectivity index is 1.33. The minimum absolute atomic E-state index is 0.0792. The number of aromatic nitrogens is 2. The zero-order valence-corrected chi connectivity index (χ0v) is 23.5. The Hall–Kier alpha value is -2.90. The average Bonchev–Trinajstić information content (AvgIpc) is 3.24. The monoisotopic (exact) mass is 580 g/mol. The third kappa shape index (κ3) is 5.03. The van der Waals surface area contributed by atoms with Gasteiger partial charge in [0, 0.05) is 37.3 Å². The van der Waals surface area contributed by atoms with E-state index in [0.29, 0.717) is 36.5 Å². The first kappa shape index (κ1) is 27.3. The van der Waals surface area contributed by atoms with Crippen LogP contribution in [0.2, 0.25) is 0 Å². The van der Waals surface area contributed by atoms with Crippen LogP contribution in [0, 0.1) is 0 Å². The zero-order chi connectivity index (χ0) is 28.4. The molecule has 40 heavy (non-hydrogen) atoms. The standard InChI is InChI=1S/C27H31F3N4O5S/c1-25(2,3)39-24(35)34-15-11-16(34)13-33(12-15)23-32-19-17(5-6-18(20(19)38-23)22-31-9-10-40-22)21(27(28,29)30)37-14-26(36-4)7-8-26/h5-6,9-10,15-16,21H,7-8,11-14H2,1-4H3. The highest BCUT2D eigenvalue weighted by Crippen LogP contribution is 2.46. The van der Waals surface area contributed by atoms with Gasteiger partial charge in [-0.3, -0.25) is 4.90 Å². The van der Waals surface area contributed by atoms with Gasteiger partial charge in [-0.15, -0.1) is 11.3 Å². The summed E-state index contributed by atoms with van der Waals surface area (Å²) in [5.74, 6) is 0. The van der Waals surface area contributed by atoms with E-state index in [1.54, 1.807) is 22.5 Å². The fourth-order valence-corrected chi connectivity index (χ4v) is 6.07. The van der Waals surface area contributed by atoms with Crippen molar-refractivity contribution in [3.05, 3.63) is 29.3 Å². The summed E-state index contributed by atoms with van der Waals surface area (Å²) in [7, 11) is 1.48. The maximum atomic E-state index is 14.4. The molecule has 4 aliphatic rings. The van der Waals surface area contributed by atoms with Gasteiger partial charge in [0.05, 0.1) is 29.9 Å². The van der Waals surface area contributed by atoms with Gasteiger partial charge in [-0.05, 0) is 46.1 Å². The number of rotatable bonds is 7. The average molecular weight is 581 g/mol. The number of fused-ring (bicyclic) bond motifs is 3. The number of carbonyl (C=O) groups excluding carboxylic acids is 1. The summed E-state index contributed by atoms with van der Waals surface area (Å²) in [4.78, 5) is 25.2. The molecule has 1 aliphatic carbocycles. The molecule has 2 bridgehead atoms. The highest BCUT2D eigenvalue weighted by atomic mass is 32.1. The van der Waals surface area contributed by atoms with E-state index >= 15 is 0 Å². The fraction of sp³-hybridized carbons (Fsp3) is 0.593. The van der Waals surface area contributed by atoms with Crippen molar-refractivity contribution in [1.29, 1.82) is 0 Å². The minimum atomic E-state index is -4.68. The van der Waals surface area contributed by atoms with Crippen LogP contribution < -0.4 is 4.90 Å². The number of nitrogens with zero attached hydrogens (tertiary/aromatic N) is 4. The molecule has 0 spiro atoms. The van der Waals surface area contributed by atoms with E-state index in [0.717, 1.165) is 6.42 Å². The van der Waals surface area contributed by atoms with E-state index in [2.05, 4.69) is 9.97 Å². The van der Waals surface area contributed by atoms with Crippen LogP contribution in [0.4, 0.5) is 24.0 Å². The number of ether oxygens (including phenoxy) is 3. The molecule has 0 radical (unpaired) electrons. The molecule has 1 aromatic carbocycles. The van der Waals surface area contributed by atoms with Gasteiger partial charge in [0.2, 0.25) is 0 Å². The Morgan fingerprint density at radius 1 is 1.23 bits per heavy atom. The predicted octanol–water partition coefficient (Wildman–Crippen LogP) is 5.95. The molecule has 3 aromatic rings. The number of halogens is 3. The van der Waals surface area contributed by atoms with Crippen LogP contribution in [-0.4, -0.2) is 77.2 Å². The molecule has 5 heterocycles. The molecule has 0 N–H and O–H groups in total. The smallest absolute Gasteiger partial charge is 0.418 e. The number of alkyl halides is 3. The number of piperazine rings is 1. The molecule has 3 atom stereocenters. The second-order valence-corrected chi connectivity index (χ2v) is 12.6. The van der Waals surface area contributed by atoms with Gasteiger partial charge in [0.1, 0.15) is 16.1 Å². The topological polar surface area (TPSA) is 90.2 Å². The van der Waals surface area contributed by atoms with Crippen LogP contribution in [0.25, 0.3) is 21.7 Å². The van der Waals surface area contributed by atoms with Crippen molar-refractivity contribution in [2.75, 3.05) is 31.7 Å².